The van der Waals surface area contributed by atoms with E-state index >= 15 is 0 Å². The smallest absolute Gasteiger partial charge is 0.255 e. The van der Waals surface area contributed by atoms with Gasteiger partial charge in [-0.15, -0.1) is 0 Å². The van der Waals surface area contributed by atoms with Gasteiger partial charge in [0.25, 0.3) is 11.8 Å². The van der Waals surface area contributed by atoms with Crippen molar-refractivity contribution in [2.45, 2.75) is 44.7 Å². The monoisotopic (exact) mass is 526 g/mol. The van der Waals surface area contributed by atoms with Crippen LogP contribution in [0.5, 0.6) is 5.75 Å². The Bertz CT molecular complexity index is 1460. The standard InChI is InChI=1S/C30H30N4O5/c1-39-25-15-19(4-7-23(25)31)28(37)33-12-10-30(11-13-33)16-21(30)5-2-18-3-6-22-20(14-18)17-34(29(22)38)24-8-9-26(35)32-27(24)36/h3-4,6-7,14-15,21,24H,8-13,16-17,31H2,1H3,(H,32,35,36)/t21-,24?/m1/s1. The van der Waals surface area contributed by atoms with Gasteiger partial charge < -0.3 is 20.3 Å². The van der Waals surface area contributed by atoms with Gasteiger partial charge in [-0.2, -0.15) is 0 Å². The zero-order valence-corrected chi connectivity index (χ0v) is 21.8. The molecule has 39 heavy (non-hydrogen) atoms. The molecule has 2 aromatic rings. The number of amides is 4. The normalized spacial score (nSPS) is 23.2. The SMILES string of the molecule is COc1cc(C(=O)N2CCC3(CC2)C[C@H]3C#Cc2ccc3c(c2)CN(C2CCC(=O)NC2=O)C3=O)ccc1N. The second kappa shape index (κ2) is 9.45. The largest absolute Gasteiger partial charge is 0.495 e. The Balaban J connectivity index is 1.07. The molecule has 4 aliphatic rings. The van der Waals surface area contributed by atoms with Crippen LogP contribution in [-0.2, 0) is 16.1 Å². The summed E-state index contributed by atoms with van der Waals surface area (Å²) >= 11 is 0. The van der Waals surface area contributed by atoms with Crippen molar-refractivity contribution in [2.75, 3.05) is 25.9 Å². The lowest BCUT2D eigenvalue weighted by molar-refractivity contribution is -0.136. The van der Waals surface area contributed by atoms with Crippen LogP contribution < -0.4 is 15.8 Å². The van der Waals surface area contributed by atoms with Crippen molar-refractivity contribution in [1.82, 2.24) is 15.1 Å². The van der Waals surface area contributed by atoms with Gasteiger partial charge in [-0.3, -0.25) is 24.5 Å². The van der Waals surface area contributed by atoms with E-state index in [2.05, 4.69) is 17.2 Å². The number of methoxy groups -OCH3 is 1. The van der Waals surface area contributed by atoms with Gasteiger partial charge in [0, 0.05) is 48.7 Å². The van der Waals surface area contributed by atoms with Gasteiger partial charge in [-0.1, -0.05) is 11.8 Å². The first-order valence-electron chi connectivity index (χ1n) is 13.3. The summed E-state index contributed by atoms with van der Waals surface area (Å²) in [6.45, 7) is 1.73. The van der Waals surface area contributed by atoms with Crippen LogP contribution in [0, 0.1) is 23.2 Å². The number of imide groups is 1. The molecule has 9 heteroatoms. The number of nitrogens with two attached hydrogens (primary N) is 1. The molecule has 2 aromatic carbocycles. The highest BCUT2D eigenvalue weighted by Crippen LogP contribution is 2.59. The maximum Gasteiger partial charge on any atom is 0.255 e. The Morgan fingerprint density at radius 1 is 1.13 bits per heavy atom. The van der Waals surface area contributed by atoms with E-state index in [0.717, 1.165) is 30.4 Å². The van der Waals surface area contributed by atoms with Crippen LogP contribution in [0.1, 0.15) is 63.9 Å². The minimum atomic E-state index is -0.622. The third-order valence-corrected chi connectivity index (χ3v) is 8.63. The molecule has 3 aliphatic heterocycles. The molecule has 3 N–H and O–H groups in total. The molecule has 0 aromatic heterocycles. The number of hydrogen-bond acceptors (Lipinski definition) is 6. The molecular formula is C30H30N4O5. The number of ether oxygens (including phenoxy) is 1. The highest BCUT2D eigenvalue weighted by molar-refractivity contribution is 6.05. The van der Waals surface area contributed by atoms with E-state index < -0.39 is 11.9 Å². The lowest BCUT2D eigenvalue weighted by Gasteiger charge is -2.32. The fraction of sp³-hybridized carbons (Fsp3) is 0.400. The van der Waals surface area contributed by atoms with E-state index in [1.54, 1.807) is 29.2 Å². The predicted molar refractivity (Wildman–Crippen MR) is 142 cm³/mol. The molecule has 1 unspecified atom stereocenters. The zero-order chi connectivity index (χ0) is 27.3. The van der Waals surface area contributed by atoms with Crippen LogP contribution >= 0.6 is 0 Å². The molecule has 1 spiro atoms. The van der Waals surface area contributed by atoms with Gasteiger partial charge in [-0.05, 0) is 73.1 Å². The first kappa shape index (κ1) is 25.0. The molecule has 1 saturated carbocycles. The lowest BCUT2D eigenvalue weighted by Crippen LogP contribution is -2.52. The molecule has 6 rings (SSSR count). The fourth-order valence-electron chi connectivity index (χ4n) is 6.11. The quantitative estimate of drug-likeness (QED) is 0.360. The number of rotatable bonds is 3. The highest BCUT2D eigenvalue weighted by Gasteiger charge is 2.54. The maximum absolute atomic E-state index is 13.0. The first-order chi connectivity index (χ1) is 18.8. The summed E-state index contributed by atoms with van der Waals surface area (Å²) in [5, 5.41) is 2.33. The van der Waals surface area contributed by atoms with E-state index in [-0.39, 0.29) is 29.6 Å². The molecule has 4 amide bonds. The van der Waals surface area contributed by atoms with Gasteiger partial charge in [0.15, 0.2) is 0 Å². The van der Waals surface area contributed by atoms with Gasteiger partial charge in [0.2, 0.25) is 11.8 Å². The predicted octanol–water partition coefficient (Wildman–Crippen LogP) is 2.33. The number of carbonyl (C=O) groups is 4. The number of nitrogens with zero attached hydrogens (tertiary/aromatic N) is 2. The van der Waals surface area contributed by atoms with Crippen LogP contribution in [0.4, 0.5) is 5.69 Å². The third-order valence-electron chi connectivity index (χ3n) is 8.63. The summed E-state index contributed by atoms with van der Waals surface area (Å²) in [7, 11) is 1.54. The Hall–Kier alpha value is -4.32. The van der Waals surface area contributed by atoms with Gasteiger partial charge in [0.05, 0.1) is 12.8 Å². The van der Waals surface area contributed by atoms with Crippen molar-refractivity contribution >= 4 is 29.3 Å². The number of hydrogen-bond donors (Lipinski definition) is 2. The molecular weight excluding hydrogens is 496 g/mol. The van der Waals surface area contributed by atoms with Crippen molar-refractivity contribution in [1.29, 1.82) is 0 Å². The Morgan fingerprint density at radius 2 is 1.92 bits per heavy atom. The van der Waals surface area contributed by atoms with Crippen molar-refractivity contribution < 1.29 is 23.9 Å². The van der Waals surface area contributed by atoms with Crippen LogP contribution in [0.25, 0.3) is 0 Å². The number of anilines is 1. The fourth-order valence-corrected chi connectivity index (χ4v) is 6.11. The Morgan fingerprint density at radius 3 is 2.67 bits per heavy atom. The first-order valence-corrected chi connectivity index (χ1v) is 13.3. The lowest BCUT2D eigenvalue weighted by atomic mass is 9.90. The zero-order valence-electron chi connectivity index (χ0n) is 21.8. The van der Waals surface area contributed by atoms with Crippen molar-refractivity contribution in [3.05, 3.63) is 58.7 Å². The van der Waals surface area contributed by atoms with E-state index in [4.69, 9.17) is 10.5 Å². The van der Waals surface area contributed by atoms with E-state index in [9.17, 15) is 19.2 Å². The number of nitrogens with one attached hydrogen (secondary N) is 1. The molecule has 0 radical (unpaired) electrons. The minimum Gasteiger partial charge on any atom is -0.495 e. The van der Waals surface area contributed by atoms with Crippen LogP contribution in [0.2, 0.25) is 0 Å². The number of fused-ring (bicyclic) bond motifs is 1. The van der Waals surface area contributed by atoms with Gasteiger partial charge in [-0.25, -0.2) is 0 Å². The number of nitrogen functional groups attached to an aromatic ring is 1. The topological polar surface area (TPSA) is 122 Å². The molecule has 200 valence electrons. The molecule has 2 saturated heterocycles. The van der Waals surface area contributed by atoms with E-state index in [1.807, 2.05) is 17.0 Å². The average molecular weight is 527 g/mol. The van der Waals surface area contributed by atoms with E-state index in [1.165, 1.54) is 7.11 Å². The molecule has 0 bridgehead atoms. The van der Waals surface area contributed by atoms with Gasteiger partial charge >= 0.3 is 0 Å². The maximum atomic E-state index is 13.0. The summed E-state index contributed by atoms with van der Waals surface area (Å²) in [6.07, 6.45) is 3.45. The molecule has 9 nitrogen and oxygen atoms in total. The molecule has 3 heterocycles. The Kier molecular flexibility index (Phi) is 6.06. The minimum absolute atomic E-state index is 0.00882. The third kappa shape index (κ3) is 4.50. The summed E-state index contributed by atoms with van der Waals surface area (Å²) in [5.41, 5.74) is 9.42. The van der Waals surface area contributed by atoms with Crippen molar-refractivity contribution in [3.8, 4) is 17.6 Å². The molecule has 3 fully saturated rings. The second-order valence-electron chi connectivity index (χ2n) is 10.9. The highest BCUT2D eigenvalue weighted by atomic mass is 16.5. The summed E-state index contributed by atoms with van der Waals surface area (Å²) in [6, 6.07) is 10.1. The number of carbonyl (C=O) groups excluding carboxylic acids is 4. The molecule has 1 aliphatic carbocycles. The van der Waals surface area contributed by atoms with Crippen LogP contribution in [0.3, 0.4) is 0 Å². The number of piperidine rings is 2. The van der Waals surface area contributed by atoms with Crippen molar-refractivity contribution in [3.63, 3.8) is 0 Å². The molecule has 2 atom stereocenters. The summed E-state index contributed by atoms with van der Waals surface area (Å²) < 4.78 is 5.26. The average Bonchev–Trinajstić information content (AvgIpc) is 3.50. The van der Waals surface area contributed by atoms with Crippen LogP contribution in [-0.4, -0.2) is 59.7 Å². The van der Waals surface area contributed by atoms with E-state index in [0.29, 0.717) is 54.5 Å². The number of likely N-dealkylation sites (tertiary alicyclic amines) is 1. The number of benzene rings is 2. The Labute approximate surface area is 226 Å². The van der Waals surface area contributed by atoms with Crippen LogP contribution in [0.15, 0.2) is 36.4 Å². The van der Waals surface area contributed by atoms with Crippen molar-refractivity contribution in [2.24, 2.45) is 11.3 Å². The summed E-state index contributed by atoms with van der Waals surface area (Å²) in [4.78, 5) is 53.1. The summed E-state index contributed by atoms with van der Waals surface area (Å²) in [5.74, 6) is 6.64. The van der Waals surface area contributed by atoms with Gasteiger partial charge in [0.1, 0.15) is 11.8 Å². The second-order valence-corrected chi connectivity index (χ2v) is 10.9.